The van der Waals surface area contributed by atoms with Crippen LogP contribution in [-0.4, -0.2) is 27.5 Å². The molecule has 0 saturated heterocycles. The average Bonchev–Trinajstić information content (AvgIpc) is 3.19. The molecule has 26 heavy (non-hydrogen) atoms. The molecule has 0 saturated carbocycles. The first-order valence-electron chi connectivity index (χ1n) is 7.51. The molecule has 3 N–H and O–H groups in total. The first kappa shape index (κ1) is 18.0. The van der Waals surface area contributed by atoms with Gasteiger partial charge in [-0.1, -0.05) is 0 Å². The van der Waals surface area contributed by atoms with Crippen LogP contribution in [0.5, 0.6) is 0 Å². The van der Waals surface area contributed by atoms with E-state index in [1.165, 1.54) is 17.4 Å². The van der Waals surface area contributed by atoms with E-state index in [9.17, 15) is 18.0 Å². The number of benzene rings is 1. The van der Waals surface area contributed by atoms with E-state index >= 15 is 0 Å². The van der Waals surface area contributed by atoms with E-state index in [0.717, 1.165) is 12.1 Å². The van der Waals surface area contributed by atoms with Gasteiger partial charge in [-0.15, -0.1) is 11.3 Å². The van der Waals surface area contributed by atoms with Crippen molar-refractivity contribution in [2.45, 2.75) is 19.1 Å². The Balaban J connectivity index is 1.93. The predicted molar refractivity (Wildman–Crippen MR) is 90.3 cm³/mol. The van der Waals surface area contributed by atoms with Gasteiger partial charge in [-0.25, -0.2) is 9.78 Å². The summed E-state index contributed by atoms with van der Waals surface area (Å²) in [6.07, 6.45) is -3.34. The van der Waals surface area contributed by atoms with Crippen LogP contribution in [0.2, 0.25) is 0 Å². The SMILES string of the molecule is NC(=O)OCCCn1nc(Nc2nccs2)c2cc(C(F)(F)F)ccc21. The lowest BCUT2D eigenvalue weighted by Gasteiger charge is -2.07. The summed E-state index contributed by atoms with van der Waals surface area (Å²) in [7, 11) is 0. The number of halogens is 3. The van der Waals surface area contributed by atoms with Crippen molar-refractivity contribution in [3.63, 3.8) is 0 Å². The number of primary amides is 1. The fourth-order valence-corrected chi connectivity index (χ4v) is 2.92. The highest BCUT2D eigenvalue weighted by molar-refractivity contribution is 7.13. The molecule has 2 heterocycles. The van der Waals surface area contributed by atoms with Crippen LogP contribution in [-0.2, 0) is 17.5 Å². The molecule has 0 spiro atoms. The number of carbonyl (C=O) groups excluding carboxylic acids is 1. The molecule has 0 atom stereocenters. The Morgan fingerprint density at radius 3 is 2.85 bits per heavy atom. The van der Waals surface area contributed by atoms with Crippen LogP contribution >= 0.6 is 11.3 Å². The zero-order chi connectivity index (χ0) is 18.7. The van der Waals surface area contributed by atoms with Gasteiger partial charge in [0.25, 0.3) is 0 Å². The van der Waals surface area contributed by atoms with Crippen molar-refractivity contribution in [2.75, 3.05) is 11.9 Å². The maximum absolute atomic E-state index is 13.0. The number of nitrogens with two attached hydrogens (primary N) is 1. The van der Waals surface area contributed by atoms with Gasteiger partial charge in [-0.3, -0.25) is 4.68 Å². The summed E-state index contributed by atoms with van der Waals surface area (Å²) in [5, 5.41) is 9.86. The number of hydrogen-bond acceptors (Lipinski definition) is 6. The van der Waals surface area contributed by atoms with Crippen LogP contribution in [0.4, 0.5) is 28.9 Å². The lowest BCUT2D eigenvalue weighted by molar-refractivity contribution is -0.137. The Bertz CT molecular complexity index is 908. The Labute approximate surface area is 149 Å². The molecule has 0 aliphatic heterocycles. The summed E-state index contributed by atoms with van der Waals surface area (Å²) in [6, 6.07) is 3.43. The molecule has 0 bridgehead atoms. The summed E-state index contributed by atoms with van der Waals surface area (Å²) in [6.45, 7) is 0.432. The fraction of sp³-hybridized carbons (Fsp3) is 0.267. The van der Waals surface area contributed by atoms with Gasteiger partial charge in [0.1, 0.15) is 0 Å². The molecular weight excluding hydrogens is 371 g/mol. The summed E-state index contributed by atoms with van der Waals surface area (Å²) in [5.41, 5.74) is 4.66. The quantitative estimate of drug-likeness (QED) is 0.630. The number of rotatable bonds is 6. The highest BCUT2D eigenvalue weighted by Crippen LogP contribution is 2.34. The van der Waals surface area contributed by atoms with Crippen LogP contribution in [0, 0.1) is 0 Å². The minimum Gasteiger partial charge on any atom is -0.450 e. The van der Waals surface area contributed by atoms with Gasteiger partial charge in [-0.05, 0) is 18.2 Å². The van der Waals surface area contributed by atoms with Gasteiger partial charge < -0.3 is 15.8 Å². The maximum atomic E-state index is 13.0. The smallest absolute Gasteiger partial charge is 0.416 e. The lowest BCUT2D eigenvalue weighted by Crippen LogP contribution is -2.15. The zero-order valence-corrected chi connectivity index (χ0v) is 14.1. The Hall–Kier alpha value is -2.82. The topological polar surface area (TPSA) is 95.1 Å². The second-order valence-electron chi connectivity index (χ2n) is 5.28. The number of nitrogens with zero attached hydrogens (tertiary/aromatic N) is 3. The monoisotopic (exact) mass is 385 g/mol. The van der Waals surface area contributed by atoms with Crippen molar-refractivity contribution in [1.82, 2.24) is 14.8 Å². The van der Waals surface area contributed by atoms with Gasteiger partial charge in [0.15, 0.2) is 10.9 Å². The Morgan fingerprint density at radius 1 is 1.38 bits per heavy atom. The Morgan fingerprint density at radius 2 is 2.19 bits per heavy atom. The van der Waals surface area contributed by atoms with E-state index in [2.05, 4.69) is 20.1 Å². The minimum atomic E-state index is -4.45. The minimum absolute atomic E-state index is 0.0898. The largest absolute Gasteiger partial charge is 0.450 e. The molecule has 1 aromatic carbocycles. The lowest BCUT2D eigenvalue weighted by atomic mass is 10.1. The third-order valence-electron chi connectivity index (χ3n) is 3.49. The van der Waals surface area contributed by atoms with E-state index in [1.54, 1.807) is 16.3 Å². The number of aryl methyl sites for hydroxylation is 1. The van der Waals surface area contributed by atoms with Gasteiger partial charge in [-0.2, -0.15) is 18.3 Å². The highest BCUT2D eigenvalue weighted by atomic mass is 32.1. The summed E-state index contributed by atoms with van der Waals surface area (Å²) >= 11 is 1.30. The number of hydrogen-bond donors (Lipinski definition) is 2. The van der Waals surface area contributed by atoms with Crippen molar-refractivity contribution >= 4 is 39.3 Å². The second kappa shape index (κ2) is 7.20. The van der Waals surface area contributed by atoms with Crippen molar-refractivity contribution in [2.24, 2.45) is 5.73 Å². The molecule has 0 aliphatic carbocycles. The van der Waals surface area contributed by atoms with E-state index in [0.29, 0.717) is 29.0 Å². The van der Waals surface area contributed by atoms with Crippen LogP contribution in [0.1, 0.15) is 12.0 Å². The molecule has 138 valence electrons. The summed E-state index contributed by atoms with van der Waals surface area (Å²) < 4.78 is 45.3. The number of ether oxygens (including phenoxy) is 1. The average molecular weight is 385 g/mol. The van der Waals surface area contributed by atoms with E-state index < -0.39 is 17.8 Å². The van der Waals surface area contributed by atoms with Gasteiger partial charge in [0.05, 0.1) is 17.7 Å². The number of anilines is 2. The molecule has 0 aliphatic rings. The first-order valence-corrected chi connectivity index (χ1v) is 8.39. The third kappa shape index (κ3) is 4.04. The van der Waals surface area contributed by atoms with E-state index in [4.69, 9.17) is 5.73 Å². The molecule has 2 aromatic heterocycles. The molecule has 3 rings (SSSR count). The normalized spacial score (nSPS) is 11.7. The third-order valence-corrected chi connectivity index (χ3v) is 4.18. The van der Waals surface area contributed by atoms with Crippen molar-refractivity contribution in [1.29, 1.82) is 0 Å². The standard InChI is InChI=1S/C15H14F3N5O2S/c16-15(17,18)9-2-3-11-10(8-9)12(21-14-20-4-7-26-14)22-23(11)5-1-6-25-13(19)24/h2-4,7-8H,1,5-6H2,(H2,19,24)(H,20,21,22). The predicted octanol–water partition coefficient (Wildman–Crippen LogP) is 3.74. The number of aromatic nitrogens is 3. The zero-order valence-electron chi connectivity index (χ0n) is 13.3. The number of carbonyl (C=O) groups is 1. The molecule has 3 aromatic rings. The molecule has 7 nitrogen and oxygen atoms in total. The first-order chi connectivity index (χ1) is 12.3. The number of alkyl halides is 3. The van der Waals surface area contributed by atoms with Crippen molar-refractivity contribution in [3.05, 3.63) is 35.3 Å². The van der Waals surface area contributed by atoms with Crippen LogP contribution in [0.3, 0.4) is 0 Å². The van der Waals surface area contributed by atoms with Crippen molar-refractivity contribution in [3.8, 4) is 0 Å². The Kier molecular flexibility index (Phi) is 4.98. The number of fused-ring (bicyclic) bond motifs is 1. The molecule has 0 unspecified atom stereocenters. The summed E-state index contributed by atoms with van der Waals surface area (Å²) in [4.78, 5) is 14.6. The molecule has 0 radical (unpaired) electrons. The number of nitrogens with one attached hydrogen (secondary N) is 1. The second-order valence-corrected chi connectivity index (χ2v) is 6.18. The highest BCUT2D eigenvalue weighted by Gasteiger charge is 2.31. The van der Waals surface area contributed by atoms with Crippen LogP contribution in [0.15, 0.2) is 29.8 Å². The maximum Gasteiger partial charge on any atom is 0.416 e. The van der Waals surface area contributed by atoms with Gasteiger partial charge in [0, 0.05) is 29.9 Å². The fourth-order valence-electron chi connectivity index (χ4n) is 2.39. The van der Waals surface area contributed by atoms with Crippen molar-refractivity contribution < 1.29 is 22.7 Å². The van der Waals surface area contributed by atoms with E-state index in [1.807, 2.05) is 0 Å². The molecule has 0 fully saturated rings. The van der Waals surface area contributed by atoms with Crippen LogP contribution < -0.4 is 11.1 Å². The van der Waals surface area contributed by atoms with E-state index in [-0.39, 0.29) is 12.4 Å². The molecular formula is C15H14F3N5O2S. The molecule has 11 heteroatoms. The molecule has 1 amide bonds. The van der Waals surface area contributed by atoms with Crippen LogP contribution in [0.25, 0.3) is 10.9 Å². The van der Waals surface area contributed by atoms with Gasteiger partial charge >= 0.3 is 12.3 Å². The van der Waals surface area contributed by atoms with Gasteiger partial charge in [0.2, 0.25) is 0 Å². The number of amides is 1. The summed E-state index contributed by atoms with van der Waals surface area (Å²) in [5.74, 6) is 0.275. The number of thiazole rings is 1.